The number of nitrogens with zero attached hydrogens (tertiary/aromatic N) is 3. The molecule has 0 saturated carbocycles. The minimum atomic E-state index is -0.474. The Hall–Kier alpha value is -1.89. The summed E-state index contributed by atoms with van der Waals surface area (Å²) in [4.78, 5) is 13.5. The predicted molar refractivity (Wildman–Crippen MR) is 78.2 cm³/mol. The van der Waals surface area contributed by atoms with Crippen molar-refractivity contribution in [3.63, 3.8) is 0 Å². The number of carbonyl (C=O) groups excluding carboxylic acids is 1. The van der Waals surface area contributed by atoms with Crippen LogP contribution in [0.25, 0.3) is 0 Å². The second-order valence-electron chi connectivity index (χ2n) is 5.84. The van der Waals surface area contributed by atoms with E-state index in [1.807, 2.05) is 27.8 Å². The number of hydrazine groups is 1. The largest absolute Gasteiger partial charge is 0.392 e. The first-order valence-corrected chi connectivity index (χ1v) is 6.49. The third-order valence-electron chi connectivity index (χ3n) is 2.56. The van der Waals surface area contributed by atoms with Gasteiger partial charge in [0.25, 0.3) is 0 Å². The van der Waals surface area contributed by atoms with Crippen LogP contribution < -0.4 is 15.8 Å². The van der Waals surface area contributed by atoms with Crippen molar-refractivity contribution in [2.45, 2.75) is 33.8 Å². The van der Waals surface area contributed by atoms with Gasteiger partial charge in [0.15, 0.2) is 11.6 Å². The van der Waals surface area contributed by atoms with Gasteiger partial charge in [0.1, 0.15) is 0 Å². The van der Waals surface area contributed by atoms with Gasteiger partial charge >= 0.3 is 0 Å². The zero-order valence-electron chi connectivity index (χ0n) is 12.6. The lowest BCUT2D eigenvalue weighted by Gasteiger charge is -2.20. The fourth-order valence-corrected chi connectivity index (χ4v) is 1.39. The van der Waals surface area contributed by atoms with E-state index in [0.717, 1.165) is 0 Å². The summed E-state index contributed by atoms with van der Waals surface area (Å²) in [6.07, 6.45) is -0.439. The van der Waals surface area contributed by atoms with Crippen LogP contribution in [0, 0.1) is 5.41 Å². The minimum Gasteiger partial charge on any atom is -0.392 e. The molecule has 0 aliphatic heterocycles. The Balaban J connectivity index is 2.57. The molecular weight excluding hydrogens is 258 g/mol. The lowest BCUT2D eigenvalue weighted by atomic mass is 9.96. The van der Waals surface area contributed by atoms with E-state index >= 15 is 0 Å². The third-order valence-corrected chi connectivity index (χ3v) is 2.56. The van der Waals surface area contributed by atoms with Crippen molar-refractivity contribution < 1.29 is 9.90 Å². The molecule has 0 spiro atoms. The van der Waals surface area contributed by atoms with E-state index in [2.05, 4.69) is 21.0 Å². The number of aromatic nitrogens is 2. The van der Waals surface area contributed by atoms with Gasteiger partial charge < -0.3 is 10.0 Å². The second-order valence-corrected chi connectivity index (χ2v) is 5.84. The van der Waals surface area contributed by atoms with E-state index in [0.29, 0.717) is 18.2 Å². The van der Waals surface area contributed by atoms with E-state index in [-0.39, 0.29) is 5.91 Å². The molecule has 0 radical (unpaired) electrons. The molecule has 1 amide bonds. The van der Waals surface area contributed by atoms with Crippen molar-refractivity contribution in [3.05, 3.63) is 12.1 Å². The Morgan fingerprint density at radius 2 is 2.05 bits per heavy atom. The van der Waals surface area contributed by atoms with Crippen LogP contribution in [0.2, 0.25) is 0 Å². The molecular formula is C13H23N5O2. The summed E-state index contributed by atoms with van der Waals surface area (Å²) >= 11 is 0. The Morgan fingerprint density at radius 1 is 1.40 bits per heavy atom. The fourth-order valence-electron chi connectivity index (χ4n) is 1.39. The van der Waals surface area contributed by atoms with Gasteiger partial charge in [-0.05, 0) is 19.1 Å². The van der Waals surface area contributed by atoms with Crippen LogP contribution in [0.5, 0.6) is 0 Å². The van der Waals surface area contributed by atoms with Crippen LogP contribution >= 0.6 is 0 Å². The van der Waals surface area contributed by atoms with E-state index in [4.69, 9.17) is 0 Å². The molecule has 3 N–H and O–H groups in total. The zero-order chi connectivity index (χ0) is 15.3. The lowest BCUT2D eigenvalue weighted by molar-refractivity contribution is -0.127. The lowest BCUT2D eigenvalue weighted by Crippen LogP contribution is -2.38. The molecule has 1 atom stereocenters. The Morgan fingerprint density at radius 3 is 2.50 bits per heavy atom. The summed E-state index contributed by atoms with van der Waals surface area (Å²) in [5.41, 5.74) is 4.82. The van der Waals surface area contributed by atoms with Crippen molar-refractivity contribution in [1.82, 2.24) is 15.6 Å². The van der Waals surface area contributed by atoms with Crippen LogP contribution in [-0.4, -0.2) is 40.9 Å². The zero-order valence-corrected chi connectivity index (χ0v) is 12.6. The maximum Gasteiger partial charge on any atom is 0.243 e. The molecule has 1 heterocycles. The quantitative estimate of drug-likeness (QED) is 0.691. The summed E-state index contributed by atoms with van der Waals surface area (Å²) in [6, 6.07) is 3.48. The molecule has 7 heteroatoms. The molecule has 0 saturated heterocycles. The molecule has 20 heavy (non-hydrogen) atoms. The van der Waals surface area contributed by atoms with Crippen molar-refractivity contribution in [1.29, 1.82) is 0 Å². The molecule has 1 aromatic rings. The molecule has 7 nitrogen and oxygen atoms in total. The number of aliphatic hydroxyl groups excluding tert-OH is 1. The van der Waals surface area contributed by atoms with E-state index in [1.54, 1.807) is 24.0 Å². The van der Waals surface area contributed by atoms with Crippen molar-refractivity contribution >= 4 is 17.5 Å². The van der Waals surface area contributed by atoms with Gasteiger partial charge in [-0.3, -0.25) is 15.6 Å². The average Bonchev–Trinajstić information content (AvgIpc) is 2.34. The number of amides is 1. The van der Waals surface area contributed by atoms with E-state index in [9.17, 15) is 9.90 Å². The van der Waals surface area contributed by atoms with Gasteiger partial charge in [-0.2, -0.15) is 0 Å². The van der Waals surface area contributed by atoms with Gasteiger partial charge in [0.2, 0.25) is 5.91 Å². The maximum atomic E-state index is 11.7. The molecule has 0 aromatic carbocycles. The third kappa shape index (κ3) is 5.00. The van der Waals surface area contributed by atoms with Crippen molar-refractivity contribution in [2.24, 2.45) is 5.41 Å². The van der Waals surface area contributed by atoms with Gasteiger partial charge in [-0.1, -0.05) is 20.8 Å². The topological polar surface area (TPSA) is 90.4 Å². The summed E-state index contributed by atoms with van der Waals surface area (Å²) < 4.78 is 0. The maximum absolute atomic E-state index is 11.7. The molecule has 0 aliphatic carbocycles. The first-order chi connectivity index (χ1) is 9.20. The van der Waals surface area contributed by atoms with Crippen LogP contribution in [-0.2, 0) is 4.79 Å². The SMILES string of the molecule is CC(O)CN(C)c1ccc(NNC(=O)C(C)(C)C)nn1. The van der Waals surface area contributed by atoms with Crippen LogP contribution in [0.4, 0.5) is 11.6 Å². The Kier molecular flexibility index (Phi) is 5.26. The van der Waals surface area contributed by atoms with Crippen LogP contribution in [0.1, 0.15) is 27.7 Å². The van der Waals surface area contributed by atoms with Gasteiger partial charge in [-0.15, -0.1) is 10.2 Å². The molecule has 0 fully saturated rings. The average molecular weight is 281 g/mol. The van der Waals surface area contributed by atoms with E-state index in [1.165, 1.54) is 0 Å². The number of carbonyl (C=O) groups is 1. The Labute approximate surface area is 119 Å². The standard InChI is InChI=1S/C13H23N5O2/c1-9(19)8-18(5)11-7-6-10(14-16-11)15-17-12(20)13(2,3)4/h6-7,9,19H,8H2,1-5H3,(H,14,15)(H,17,20). The summed E-state index contributed by atoms with van der Waals surface area (Å²) in [5, 5.41) is 17.3. The normalized spacial score (nSPS) is 12.7. The molecule has 0 bridgehead atoms. The minimum absolute atomic E-state index is 0.130. The number of hydrogen-bond acceptors (Lipinski definition) is 6. The second kappa shape index (κ2) is 6.51. The highest BCUT2D eigenvalue weighted by Gasteiger charge is 2.20. The first-order valence-electron chi connectivity index (χ1n) is 6.49. The number of nitrogens with one attached hydrogen (secondary N) is 2. The number of aliphatic hydroxyl groups is 1. The number of rotatable bonds is 5. The van der Waals surface area contributed by atoms with Gasteiger partial charge in [-0.25, -0.2) is 0 Å². The highest BCUT2D eigenvalue weighted by molar-refractivity contribution is 5.82. The number of hydrogen-bond donors (Lipinski definition) is 3. The molecule has 112 valence electrons. The van der Waals surface area contributed by atoms with Crippen LogP contribution in [0.15, 0.2) is 12.1 Å². The van der Waals surface area contributed by atoms with Crippen LogP contribution in [0.3, 0.4) is 0 Å². The summed E-state index contributed by atoms with van der Waals surface area (Å²) in [7, 11) is 1.82. The molecule has 1 rings (SSSR count). The number of likely N-dealkylation sites (N-methyl/N-ethyl adjacent to an activating group) is 1. The highest BCUT2D eigenvalue weighted by Crippen LogP contribution is 2.13. The Bertz CT molecular complexity index is 439. The molecule has 0 aliphatic rings. The fraction of sp³-hybridized carbons (Fsp3) is 0.615. The molecule has 1 unspecified atom stereocenters. The van der Waals surface area contributed by atoms with Crippen molar-refractivity contribution in [2.75, 3.05) is 23.9 Å². The summed E-state index contributed by atoms with van der Waals surface area (Å²) in [5.74, 6) is 0.977. The van der Waals surface area contributed by atoms with Gasteiger partial charge in [0.05, 0.1) is 6.10 Å². The molecule has 1 aromatic heterocycles. The van der Waals surface area contributed by atoms with E-state index < -0.39 is 11.5 Å². The smallest absolute Gasteiger partial charge is 0.243 e. The van der Waals surface area contributed by atoms with Crippen molar-refractivity contribution in [3.8, 4) is 0 Å². The highest BCUT2D eigenvalue weighted by atomic mass is 16.3. The number of anilines is 2. The summed E-state index contributed by atoms with van der Waals surface area (Å²) in [6.45, 7) is 7.65. The predicted octanol–water partition coefficient (Wildman–Crippen LogP) is 0.783. The monoisotopic (exact) mass is 281 g/mol. The first kappa shape index (κ1) is 16.2. The van der Waals surface area contributed by atoms with Gasteiger partial charge in [0, 0.05) is 19.0 Å².